The van der Waals surface area contributed by atoms with Crippen molar-refractivity contribution in [2.45, 2.75) is 26.9 Å². The zero-order valence-corrected chi connectivity index (χ0v) is 15.0. The Bertz CT molecular complexity index is 820. The van der Waals surface area contributed by atoms with Crippen LogP contribution in [0.5, 0.6) is 0 Å². The number of hydrogen-bond donors (Lipinski definition) is 1. The molecule has 0 saturated carbocycles. The van der Waals surface area contributed by atoms with Gasteiger partial charge in [-0.05, 0) is 44.5 Å². The van der Waals surface area contributed by atoms with E-state index >= 15 is 0 Å². The van der Waals surface area contributed by atoms with E-state index in [9.17, 15) is 4.79 Å². The van der Waals surface area contributed by atoms with Crippen molar-refractivity contribution in [3.8, 4) is 10.8 Å². The van der Waals surface area contributed by atoms with Crippen LogP contribution in [0.15, 0.2) is 39.4 Å². The van der Waals surface area contributed by atoms with Crippen LogP contribution >= 0.6 is 11.3 Å². The van der Waals surface area contributed by atoms with E-state index in [-0.39, 0.29) is 5.91 Å². The molecule has 0 spiro atoms. The third kappa shape index (κ3) is 4.58. The SMILES string of the molecule is Cc1ccc(-c2nc(C)c(C(=O)NCCCOCc3ccco3)s2)o1. The fourth-order valence-corrected chi connectivity index (χ4v) is 3.23. The first-order chi connectivity index (χ1) is 12.1. The minimum atomic E-state index is -0.115. The number of aryl methyl sites for hydroxylation is 2. The van der Waals surface area contributed by atoms with Crippen LogP contribution in [0.4, 0.5) is 0 Å². The van der Waals surface area contributed by atoms with Gasteiger partial charge in [-0.3, -0.25) is 4.79 Å². The van der Waals surface area contributed by atoms with Crippen LogP contribution < -0.4 is 5.32 Å². The summed E-state index contributed by atoms with van der Waals surface area (Å²) >= 11 is 1.34. The fourth-order valence-electron chi connectivity index (χ4n) is 2.29. The van der Waals surface area contributed by atoms with Crippen molar-refractivity contribution in [1.82, 2.24) is 10.3 Å². The monoisotopic (exact) mass is 360 g/mol. The highest BCUT2D eigenvalue weighted by Gasteiger charge is 2.17. The number of amides is 1. The fraction of sp³-hybridized carbons (Fsp3) is 0.333. The van der Waals surface area contributed by atoms with Crippen molar-refractivity contribution in [3.63, 3.8) is 0 Å². The number of carbonyl (C=O) groups excluding carboxylic acids is 1. The van der Waals surface area contributed by atoms with Gasteiger partial charge in [-0.15, -0.1) is 11.3 Å². The normalized spacial score (nSPS) is 11.0. The molecule has 0 aliphatic rings. The minimum absolute atomic E-state index is 0.115. The van der Waals surface area contributed by atoms with E-state index in [0.717, 1.165) is 22.9 Å². The van der Waals surface area contributed by atoms with E-state index in [1.165, 1.54) is 11.3 Å². The summed E-state index contributed by atoms with van der Waals surface area (Å²) in [6.45, 7) is 5.26. The zero-order valence-electron chi connectivity index (χ0n) is 14.2. The lowest BCUT2D eigenvalue weighted by atomic mass is 10.3. The molecular weight excluding hydrogens is 340 g/mol. The van der Waals surface area contributed by atoms with Crippen LogP contribution in [0.3, 0.4) is 0 Å². The second-order valence-corrected chi connectivity index (χ2v) is 6.58. The molecule has 3 aromatic rings. The standard InChI is InChI=1S/C18H20N2O4S/c1-12-6-7-15(24-12)18-20-13(2)16(25-18)17(21)19-8-4-9-22-11-14-5-3-10-23-14/h3,5-7,10H,4,8-9,11H2,1-2H3,(H,19,21). The van der Waals surface area contributed by atoms with Gasteiger partial charge in [0, 0.05) is 13.2 Å². The van der Waals surface area contributed by atoms with Crippen LogP contribution in [0.1, 0.15) is 33.3 Å². The van der Waals surface area contributed by atoms with E-state index < -0.39 is 0 Å². The molecule has 0 atom stereocenters. The maximum absolute atomic E-state index is 12.3. The maximum Gasteiger partial charge on any atom is 0.263 e. The van der Waals surface area contributed by atoms with Crippen molar-refractivity contribution in [1.29, 1.82) is 0 Å². The number of aromatic nitrogens is 1. The molecule has 7 heteroatoms. The quantitative estimate of drug-likeness (QED) is 0.616. The van der Waals surface area contributed by atoms with Gasteiger partial charge in [0.25, 0.3) is 5.91 Å². The first-order valence-corrected chi connectivity index (χ1v) is 8.87. The topological polar surface area (TPSA) is 77.5 Å². The van der Waals surface area contributed by atoms with Gasteiger partial charge in [0.2, 0.25) is 0 Å². The minimum Gasteiger partial charge on any atom is -0.467 e. The Morgan fingerprint density at radius 1 is 1.32 bits per heavy atom. The molecule has 0 radical (unpaired) electrons. The van der Waals surface area contributed by atoms with E-state index in [2.05, 4.69) is 10.3 Å². The number of ether oxygens (including phenoxy) is 1. The summed E-state index contributed by atoms with van der Waals surface area (Å²) in [5.41, 5.74) is 0.709. The third-order valence-electron chi connectivity index (χ3n) is 3.53. The molecule has 0 saturated heterocycles. The highest BCUT2D eigenvalue weighted by atomic mass is 32.1. The Labute approximate surface area is 149 Å². The molecule has 3 heterocycles. The molecule has 132 valence electrons. The predicted molar refractivity (Wildman–Crippen MR) is 94.6 cm³/mol. The largest absolute Gasteiger partial charge is 0.467 e. The summed E-state index contributed by atoms with van der Waals surface area (Å²) in [4.78, 5) is 17.3. The Kier molecular flexibility index (Phi) is 5.67. The zero-order chi connectivity index (χ0) is 17.6. The summed E-state index contributed by atoms with van der Waals surface area (Å²) in [6.07, 6.45) is 2.35. The first kappa shape index (κ1) is 17.4. The van der Waals surface area contributed by atoms with Gasteiger partial charge < -0.3 is 18.9 Å². The van der Waals surface area contributed by atoms with Crippen LogP contribution in [-0.4, -0.2) is 24.0 Å². The van der Waals surface area contributed by atoms with Crippen molar-refractivity contribution >= 4 is 17.2 Å². The van der Waals surface area contributed by atoms with Gasteiger partial charge in [-0.1, -0.05) is 0 Å². The molecular formula is C18H20N2O4S. The predicted octanol–water partition coefficient (Wildman–Crippen LogP) is 3.95. The second-order valence-electron chi connectivity index (χ2n) is 5.59. The van der Waals surface area contributed by atoms with E-state index in [1.807, 2.05) is 38.1 Å². The van der Waals surface area contributed by atoms with Crippen LogP contribution in [0.25, 0.3) is 10.8 Å². The first-order valence-electron chi connectivity index (χ1n) is 8.06. The van der Waals surface area contributed by atoms with E-state index in [4.69, 9.17) is 13.6 Å². The average molecular weight is 360 g/mol. The number of furan rings is 2. The highest BCUT2D eigenvalue weighted by Crippen LogP contribution is 2.29. The van der Waals surface area contributed by atoms with Gasteiger partial charge in [-0.2, -0.15) is 0 Å². The van der Waals surface area contributed by atoms with Gasteiger partial charge in [0.05, 0.1) is 12.0 Å². The van der Waals surface area contributed by atoms with Crippen molar-refractivity contribution in [3.05, 3.63) is 52.6 Å². The molecule has 0 aliphatic carbocycles. The molecule has 6 nitrogen and oxygen atoms in total. The molecule has 1 amide bonds. The number of carbonyl (C=O) groups is 1. The maximum atomic E-state index is 12.3. The van der Waals surface area contributed by atoms with Gasteiger partial charge in [0.1, 0.15) is 23.0 Å². The summed E-state index contributed by atoms with van der Waals surface area (Å²) < 4.78 is 16.2. The van der Waals surface area contributed by atoms with E-state index in [0.29, 0.717) is 36.1 Å². The summed E-state index contributed by atoms with van der Waals surface area (Å²) in [7, 11) is 0. The Balaban J connectivity index is 1.44. The van der Waals surface area contributed by atoms with Crippen LogP contribution in [0, 0.1) is 13.8 Å². The van der Waals surface area contributed by atoms with Crippen LogP contribution in [-0.2, 0) is 11.3 Å². The highest BCUT2D eigenvalue weighted by molar-refractivity contribution is 7.17. The smallest absolute Gasteiger partial charge is 0.263 e. The van der Waals surface area contributed by atoms with Gasteiger partial charge in [-0.25, -0.2) is 4.98 Å². The molecule has 3 aromatic heterocycles. The average Bonchev–Trinajstić information content (AvgIpc) is 3.31. The second kappa shape index (κ2) is 8.13. The summed E-state index contributed by atoms with van der Waals surface area (Å²) in [5.74, 6) is 2.19. The molecule has 25 heavy (non-hydrogen) atoms. The lowest BCUT2D eigenvalue weighted by Gasteiger charge is -2.04. The van der Waals surface area contributed by atoms with Crippen molar-refractivity contribution in [2.75, 3.05) is 13.2 Å². The molecule has 0 bridgehead atoms. The molecule has 1 N–H and O–H groups in total. The number of nitrogens with zero attached hydrogens (tertiary/aromatic N) is 1. The lowest BCUT2D eigenvalue weighted by molar-refractivity contribution is 0.0919. The van der Waals surface area contributed by atoms with Crippen LogP contribution in [0.2, 0.25) is 0 Å². The Hall–Kier alpha value is -2.38. The lowest BCUT2D eigenvalue weighted by Crippen LogP contribution is -2.25. The van der Waals surface area contributed by atoms with Gasteiger partial charge >= 0.3 is 0 Å². The molecule has 0 unspecified atom stereocenters. The number of hydrogen-bond acceptors (Lipinski definition) is 6. The third-order valence-corrected chi connectivity index (χ3v) is 4.70. The van der Waals surface area contributed by atoms with E-state index in [1.54, 1.807) is 6.26 Å². The molecule has 3 rings (SSSR count). The summed E-state index contributed by atoms with van der Waals surface area (Å²) in [5, 5.41) is 3.62. The number of nitrogens with one attached hydrogen (secondary N) is 1. The Morgan fingerprint density at radius 2 is 2.20 bits per heavy atom. The number of rotatable bonds is 8. The number of thiazole rings is 1. The van der Waals surface area contributed by atoms with Crippen molar-refractivity contribution < 1.29 is 18.4 Å². The van der Waals surface area contributed by atoms with Crippen molar-refractivity contribution in [2.24, 2.45) is 0 Å². The summed E-state index contributed by atoms with van der Waals surface area (Å²) in [6, 6.07) is 7.45. The Morgan fingerprint density at radius 3 is 2.92 bits per heavy atom. The molecule has 0 aliphatic heterocycles. The molecule has 0 aromatic carbocycles. The van der Waals surface area contributed by atoms with Gasteiger partial charge in [0.15, 0.2) is 10.8 Å². The molecule has 0 fully saturated rings.